The monoisotopic (exact) mass is 463 g/mol. The van der Waals surface area contributed by atoms with Crippen LogP contribution in [0.25, 0.3) is 22.2 Å². The predicted molar refractivity (Wildman–Crippen MR) is 134 cm³/mol. The summed E-state index contributed by atoms with van der Waals surface area (Å²) in [6.07, 6.45) is 7.48. The summed E-state index contributed by atoms with van der Waals surface area (Å²) in [5.74, 6) is 0.895. The topological polar surface area (TPSA) is 107 Å². The van der Waals surface area contributed by atoms with E-state index in [4.69, 9.17) is 15.2 Å². The molecule has 0 spiro atoms. The zero-order valence-electron chi connectivity index (χ0n) is 19.9. The molecule has 5 rings (SSSR count). The molecule has 1 atom stereocenters. The minimum atomic E-state index is 0.00907. The van der Waals surface area contributed by atoms with Gasteiger partial charge in [-0.05, 0) is 5.56 Å². The summed E-state index contributed by atoms with van der Waals surface area (Å²) in [7, 11) is 0. The van der Waals surface area contributed by atoms with Gasteiger partial charge in [0, 0.05) is 43.2 Å². The molecular weight excluding hydrogens is 430 g/mol. The lowest BCUT2D eigenvalue weighted by Crippen LogP contribution is -2.46. The standard InChI is InChI=1S/C23H27N7O2.C2H6/c24-10-19-14-29(6-9-32-19)23-21-20(12-25-22(21)26-16-27-23)18-11-28-30(13-18)7-8-31-15-17-4-2-1-3-5-17;1-2/h1-5,11-13,16,19H,6-10,14-15,24H2,(H,25,26,27);1-2H3. The van der Waals surface area contributed by atoms with Crippen molar-refractivity contribution in [1.29, 1.82) is 0 Å². The van der Waals surface area contributed by atoms with Gasteiger partial charge in [0.25, 0.3) is 0 Å². The summed E-state index contributed by atoms with van der Waals surface area (Å²) in [6.45, 7) is 8.47. The van der Waals surface area contributed by atoms with E-state index in [-0.39, 0.29) is 6.10 Å². The van der Waals surface area contributed by atoms with E-state index < -0.39 is 0 Å². The van der Waals surface area contributed by atoms with Crippen molar-refractivity contribution in [3.63, 3.8) is 0 Å². The van der Waals surface area contributed by atoms with Gasteiger partial charge in [0.2, 0.25) is 0 Å². The van der Waals surface area contributed by atoms with Gasteiger partial charge in [-0.25, -0.2) is 9.97 Å². The first-order valence-electron chi connectivity index (χ1n) is 11.8. The second-order valence-electron chi connectivity index (χ2n) is 7.83. The van der Waals surface area contributed by atoms with Gasteiger partial charge >= 0.3 is 0 Å². The molecule has 180 valence electrons. The van der Waals surface area contributed by atoms with Crippen LogP contribution in [0.2, 0.25) is 0 Å². The molecular formula is C25H33N7O2. The largest absolute Gasteiger partial charge is 0.375 e. The number of nitrogens with two attached hydrogens (primary N) is 1. The van der Waals surface area contributed by atoms with Crippen LogP contribution in [-0.4, -0.2) is 63.7 Å². The maximum Gasteiger partial charge on any atom is 0.143 e. The third-order valence-corrected chi connectivity index (χ3v) is 5.67. The Morgan fingerprint density at radius 3 is 2.88 bits per heavy atom. The maximum atomic E-state index is 5.83. The van der Waals surface area contributed by atoms with E-state index in [1.54, 1.807) is 6.33 Å². The number of aromatic nitrogens is 5. The van der Waals surface area contributed by atoms with Crippen LogP contribution in [0.15, 0.2) is 55.2 Å². The number of fused-ring (bicyclic) bond motifs is 1. The summed E-state index contributed by atoms with van der Waals surface area (Å²) in [5.41, 5.74) is 9.85. The highest BCUT2D eigenvalue weighted by atomic mass is 16.5. The average Bonchev–Trinajstić information content (AvgIpc) is 3.55. The Morgan fingerprint density at radius 1 is 1.21 bits per heavy atom. The van der Waals surface area contributed by atoms with Crippen LogP contribution < -0.4 is 10.6 Å². The van der Waals surface area contributed by atoms with Gasteiger partial charge in [0.15, 0.2) is 0 Å². The number of H-pyrrole nitrogens is 1. The van der Waals surface area contributed by atoms with Crippen LogP contribution in [0.3, 0.4) is 0 Å². The van der Waals surface area contributed by atoms with Crippen LogP contribution >= 0.6 is 0 Å². The van der Waals surface area contributed by atoms with Crippen molar-refractivity contribution in [3.05, 3.63) is 60.8 Å². The van der Waals surface area contributed by atoms with Crippen LogP contribution in [0.1, 0.15) is 19.4 Å². The fourth-order valence-electron chi connectivity index (χ4n) is 4.02. The molecule has 1 saturated heterocycles. The van der Waals surface area contributed by atoms with Crippen LogP contribution in [0, 0.1) is 0 Å². The van der Waals surface area contributed by atoms with Gasteiger partial charge in [0.05, 0.1) is 44.1 Å². The van der Waals surface area contributed by atoms with E-state index in [9.17, 15) is 0 Å². The van der Waals surface area contributed by atoms with Crippen molar-refractivity contribution in [3.8, 4) is 11.1 Å². The molecule has 34 heavy (non-hydrogen) atoms. The summed E-state index contributed by atoms with van der Waals surface area (Å²) in [6, 6.07) is 10.2. The minimum absolute atomic E-state index is 0.00907. The zero-order chi connectivity index (χ0) is 23.8. The number of benzene rings is 1. The van der Waals surface area contributed by atoms with Crippen molar-refractivity contribution >= 4 is 16.9 Å². The molecule has 3 N–H and O–H groups in total. The second-order valence-corrected chi connectivity index (χ2v) is 7.83. The maximum absolute atomic E-state index is 5.83. The Balaban J connectivity index is 0.00000133. The Morgan fingerprint density at radius 2 is 2.06 bits per heavy atom. The lowest BCUT2D eigenvalue weighted by atomic mass is 10.1. The molecule has 0 saturated carbocycles. The molecule has 1 aliphatic heterocycles. The Labute approximate surface area is 199 Å². The molecule has 1 unspecified atom stereocenters. The van der Waals surface area contributed by atoms with E-state index in [1.165, 1.54) is 5.56 Å². The van der Waals surface area contributed by atoms with Gasteiger partial charge in [-0.2, -0.15) is 5.10 Å². The van der Waals surface area contributed by atoms with Gasteiger partial charge in [-0.1, -0.05) is 44.2 Å². The number of anilines is 1. The van der Waals surface area contributed by atoms with Crippen molar-refractivity contribution in [2.24, 2.45) is 5.73 Å². The van der Waals surface area contributed by atoms with Crippen LogP contribution in [0.5, 0.6) is 0 Å². The van der Waals surface area contributed by atoms with Crippen molar-refractivity contribution < 1.29 is 9.47 Å². The first kappa shape index (κ1) is 23.9. The smallest absolute Gasteiger partial charge is 0.143 e. The highest BCUT2D eigenvalue weighted by Crippen LogP contribution is 2.34. The van der Waals surface area contributed by atoms with Crippen LogP contribution in [0.4, 0.5) is 5.82 Å². The molecule has 1 aliphatic rings. The summed E-state index contributed by atoms with van der Waals surface area (Å²) in [5, 5.41) is 5.51. The summed E-state index contributed by atoms with van der Waals surface area (Å²) in [4.78, 5) is 14.5. The van der Waals surface area contributed by atoms with Gasteiger partial charge in [-0.3, -0.25) is 4.68 Å². The van der Waals surface area contributed by atoms with E-state index in [0.717, 1.165) is 34.5 Å². The number of hydrogen-bond acceptors (Lipinski definition) is 7. The molecule has 3 aromatic heterocycles. The minimum Gasteiger partial charge on any atom is -0.375 e. The zero-order valence-corrected chi connectivity index (χ0v) is 19.9. The third kappa shape index (κ3) is 5.44. The Hall–Kier alpha value is -3.27. The number of nitrogens with zero attached hydrogens (tertiary/aromatic N) is 5. The van der Waals surface area contributed by atoms with E-state index in [1.807, 2.05) is 55.3 Å². The van der Waals surface area contributed by atoms with Gasteiger partial charge < -0.3 is 25.1 Å². The average molecular weight is 464 g/mol. The van der Waals surface area contributed by atoms with Crippen molar-refractivity contribution in [2.45, 2.75) is 33.1 Å². The quantitative estimate of drug-likeness (QED) is 0.386. The molecule has 1 fully saturated rings. The van der Waals surface area contributed by atoms with Crippen LogP contribution in [-0.2, 0) is 22.6 Å². The van der Waals surface area contributed by atoms with Crippen molar-refractivity contribution in [1.82, 2.24) is 24.7 Å². The molecule has 0 amide bonds. The van der Waals surface area contributed by atoms with Gasteiger partial charge in [-0.15, -0.1) is 0 Å². The van der Waals surface area contributed by atoms with Gasteiger partial charge in [0.1, 0.15) is 17.8 Å². The van der Waals surface area contributed by atoms with Crippen molar-refractivity contribution in [2.75, 3.05) is 37.7 Å². The molecule has 4 heterocycles. The lowest BCUT2D eigenvalue weighted by molar-refractivity contribution is 0.0464. The second kappa shape index (κ2) is 11.7. The fourth-order valence-corrected chi connectivity index (χ4v) is 4.02. The summed E-state index contributed by atoms with van der Waals surface area (Å²) < 4.78 is 13.4. The van der Waals surface area contributed by atoms with E-state index >= 15 is 0 Å². The fraction of sp³-hybridized carbons (Fsp3) is 0.400. The molecule has 1 aromatic carbocycles. The molecule has 4 aromatic rings. The highest BCUT2D eigenvalue weighted by Gasteiger charge is 2.24. The molecule has 0 radical (unpaired) electrons. The number of rotatable bonds is 8. The number of aromatic amines is 1. The number of hydrogen-bond donors (Lipinski definition) is 2. The number of nitrogens with one attached hydrogen (secondary N) is 1. The Kier molecular flexibility index (Phi) is 8.24. The Bertz CT molecular complexity index is 1160. The lowest BCUT2D eigenvalue weighted by Gasteiger charge is -2.33. The number of ether oxygens (including phenoxy) is 2. The molecule has 9 heteroatoms. The number of morpholine rings is 1. The summed E-state index contributed by atoms with van der Waals surface area (Å²) >= 11 is 0. The predicted octanol–water partition coefficient (Wildman–Crippen LogP) is 3.23. The normalized spacial score (nSPS) is 15.9. The first-order valence-corrected chi connectivity index (χ1v) is 11.8. The SMILES string of the molecule is CC.NCC1CN(c2ncnc3[nH]cc(-c4cnn(CCOCc5ccccc5)c4)c23)CCO1. The molecule has 0 aliphatic carbocycles. The third-order valence-electron chi connectivity index (χ3n) is 5.67. The van der Waals surface area contributed by atoms with E-state index in [0.29, 0.717) is 39.5 Å². The first-order chi connectivity index (χ1) is 16.8. The molecule has 0 bridgehead atoms. The highest BCUT2D eigenvalue weighted by molar-refractivity contribution is 6.01. The van der Waals surface area contributed by atoms with E-state index in [2.05, 4.69) is 37.1 Å². The molecule has 9 nitrogen and oxygen atoms in total.